The van der Waals surface area contributed by atoms with Gasteiger partial charge in [-0.3, -0.25) is 9.58 Å². The fourth-order valence-electron chi connectivity index (χ4n) is 1.99. The van der Waals surface area contributed by atoms with Crippen LogP contribution in [0.2, 0.25) is 0 Å². The molecular formula is C16H18F3N3O4. The third kappa shape index (κ3) is 7.34. The van der Waals surface area contributed by atoms with Crippen LogP contribution in [0.25, 0.3) is 0 Å². The Hall–Kier alpha value is -2.88. The number of benzene rings is 1. The number of carboxylic acids is 2. The van der Waals surface area contributed by atoms with E-state index in [1.54, 1.807) is 16.8 Å². The molecule has 1 heterocycles. The van der Waals surface area contributed by atoms with Gasteiger partial charge in [0, 0.05) is 31.9 Å². The predicted octanol–water partition coefficient (Wildman–Crippen LogP) is 2.38. The van der Waals surface area contributed by atoms with Crippen molar-refractivity contribution in [2.75, 3.05) is 7.05 Å². The normalized spacial score (nSPS) is 11.0. The molecule has 7 nitrogen and oxygen atoms in total. The van der Waals surface area contributed by atoms with Crippen molar-refractivity contribution in [1.29, 1.82) is 0 Å². The van der Waals surface area contributed by atoms with Gasteiger partial charge in [-0.2, -0.15) is 18.3 Å². The molecular weight excluding hydrogens is 355 g/mol. The third-order valence-corrected chi connectivity index (χ3v) is 3.11. The lowest BCUT2D eigenvalue weighted by Gasteiger charge is -2.15. The molecule has 0 spiro atoms. The van der Waals surface area contributed by atoms with E-state index in [2.05, 4.69) is 10.00 Å². The summed E-state index contributed by atoms with van der Waals surface area (Å²) in [6, 6.07) is 6.97. The molecule has 142 valence electrons. The zero-order chi connectivity index (χ0) is 19.9. The van der Waals surface area contributed by atoms with Crippen LogP contribution in [-0.4, -0.2) is 50.1 Å². The molecule has 0 amide bonds. The van der Waals surface area contributed by atoms with E-state index in [0.717, 1.165) is 24.2 Å². The number of nitrogens with zero attached hydrogens (tertiary/aromatic N) is 3. The van der Waals surface area contributed by atoms with E-state index in [1.807, 2.05) is 38.6 Å². The second kappa shape index (κ2) is 8.99. The summed E-state index contributed by atoms with van der Waals surface area (Å²) in [6.45, 7) is 1.59. The van der Waals surface area contributed by atoms with Crippen LogP contribution >= 0.6 is 0 Å². The number of aromatic carboxylic acids is 1. The lowest BCUT2D eigenvalue weighted by Crippen LogP contribution is -2.21. The first-order valence-corrected chi connectivity index (χ1v) is 7.27. The Balaban J connectivity index is 0.000000412. The maximum Gasteiger partial charge on any atom is 0.490 e. The van der Waals surface area contributed by atoms with Crippen LogP contribution in [0, 0.1) is 0 Å². The highest BCUT2D eigenvalue weighted by atomic mass is 19.4. The molecule has 1 aromatic heterocycles. The smallest absolute Gasteiger partial charge is 0.478 e. The number of aliphatic carboxylic acids is 1. The molecule has 0 fully saturated rings. The quantitative estimate of drug-likeness (QED) is 0.836. The minimum Gasteiger partial charge on any atom is -0.478 e. The van der Waals surface area contributed by atoms with E-state index in [4.69, 9.17) is 15.0 Å². The zero-order valence-electron chi connectivity index (χ0n) is 14.1. The summed E-state index contributed by atoms with van der Waals surface area (Å²) in [5, 5.41) is 20.1. The van der Waals surface area contributed by atoms with Crippen LogP contribution < -0.4 is 0 Å². The van der Waals surface area contributed by atoms with Gasteiger partial charge in [0.15, 0.2) is 0 Å². The van der Waals surface area contributed by atoms with E-state index >= 15 is 0 Å². The number of rotatable bonds is 5. The largest absolute Gasteiger partial charge is 0.490 e. The summed E-state index contributed by atoms with van der Waals surface area (Å²) in [4.78, 5) is 21.8. The Kier molecular flexibility index (Phi) is 7.32. The first-order chi connectivity index (χ1) is 12.0. The maximum atomic E-state index is 10.8. The van der Waals surface area contributed by atoms with Crippen molar-refractivity contribution >= 4 is 11.9 Å². The fraction of sp³-hybridized carbons (Fsp3) is 0.312. The molecule has 26 heavy (non-hydrogen) atoms. The lowest BCUT2D eigenvalue weighted by atomic mass is 10.1. The van der Waals surface area contributed by atoms with Crippen LogP contribution in [-0.2, 0) is 24.9 Å². The summed E-state index contributed by atoms with van der Waals surface area (Å²) in [5.41, 5.74) is 2.57. The number of halogens is 3. The van der Waals surface area contributed by atoms with Gasteiger partial charge in [0.2, 0.25) is 0 Å². The molecule has 2 N–H and O–H groups in total. The Labute approximate surface area is 147 Å². The monoisotopic (exact) mass is 373 g/mol. The molecule has 2 aromatic rings. The van der Waals surface area contributed by atoms with Crippen molar-refractivity contribution < 1.29 is 33.0 Å². The zero-order valence-corrected chi connectivity index (χ0v) is 14.1. The molecule has 0 radical (unpaired) electrons. The molecule has 0 saturated carbocycles. The standard InChI is InChI=1S/C14H17N3O2.C2HF3O2/c1-16(9-12-7-15-17(2)10-12)8-11-3-5-13(6-4-11)14(18)19;3-2(4,5)1(6)7/h3-7,10H,8-9H2,1-2H3,(H,18,19);(H,6,7). The van der Waals surface area contributed by atoms with Gasteiger partial charge in [0.1, 0.15) is 0 Å². The SMILES string of the molecule is CN(Cc1ccc(C(=O)O)cc1)Cc1cnn(C)c1.O=C(O)C(F)(F)F. The van der Waals surface area contributed by atoms with Gasteiger partial charge >= 0.3 is 18.1 Å². The molecule has 0 atom stereocenters. The number of aryl methyl sites for hydroxylation is 1. The highest BCUT2D eigenvalue weighted by Crippen LogP contribution is 2.13. The first kappa shape index (κ1) is 21.2. The average molecular weight is 373 g/mol. The van der Waals surface area contributed by atoms with Crippen molar-refractivity contribution in [1.82, 2.24) is 14.7 Å². The van der Waals surface area contributed by atoms with Crippen molar-refractivity contribution in [3.05, 3.63) is 53.3 Å². The molecule has 0 bridgehead atoms. The summed E-state index contributed by atoms with van der Waals surface area (Å²) >= 11 is 0. The molecule has 1 aromatic carbocycles. The van der Waals surface area contributed by atoms with Crippen LogP contribution in [0.15, 0.2) is 36.7 Å². The summed E-state index contributed by atoms with van der Waals surface area (Å²) < 4.78 is 33.5. The second-order valence-corrected chi connectivity index (χ2v) is 5.50. The molecule has 0 saturated heterocycles. The van der Waals surface area contributed by atoms with E-state index in [-0.39, 0.29) is 0 Å². The minimum atomic E-state index is -5.08. The first-order valence-electron chi connectivity index (χ1n) is 7.27. The highest BCUT2D eigenvalue weighted by molar-refractivity contribution is 5.87. The summed E-state index contributed by atoms with van der Waals surface area (Å²) in [6.07, 6.45) is -1.24. The van der Waals surface area contributed by atoms with Gasteiger partial charge in [-0.1, -0.05) is 12.1 Å². The van der Waals surface area contributed by atoms with Gasteiger partial charge < -0.3 is 10.2 Å². The number of carboxylic acid groups (broad SMARTS) is 2. The van der Waals surface area contributed by atoms with Crippen LogP contribution in [0.3, 0.4) is 0 Å². The van der Waals surface area contributed by atoms with Crippen LogP contribution in [0.4, 0.5) is 13.2 Å². The highest BCUT2D eigenvalue weighted by Gasteiger charge is 2.38. The van der Waals surface area contributed by atoms with Gasteiger partial charge in [-0.05, 0) is 24.7 Å². The number of hydrogen-bond acceptors (Lipinski definition) is 4. The Morgan fingerprint density at radius 1 is 1.12 bits per heavy atom. The Morgan fingerprint density at radius 2 is 1.62 bits per heavy atom. The van der Waals surface area contributed by atoms with Crippen LogP contribution in [0.1, 0.15) is 21.5 Å². The predicted molar refractivity (Wildman–Crippen MR) is 85.5 cm³/mol. The van der Waals surface area contributed by atoms with E-state index < -0.39 is 18.1 Å². The Bertz CT molecular complexity index is 742. The van der Waals surface area contributed by atoms with E-state index in [0.29, 0.717) is 5.56 Å². The van der Waals surface area contributed by atoms with Gasteiger partial charge in [0.05, 0.1) is 11.8 Å². The molecule has 0 aliphatic heterocycles. The van der Waals surface area contributed by atoms with Gasteiger partial charge in [0.25, 0.3) is 0 Å². The number of aromatic nitrogens is 2. The van der Waals surface area contributed by atoms with Crippen molar-refractivity contribution in [2.45, 2.75) is 19.3 Å². The number of carbonyl (C=O) groups is 2. The Morgan fingerprint density at radius 3 is 2.00 bits per heavy atom. The minimum absolute atomic E-state index is 0.318. The van der Waals surface area contributed by atoms with E-state index in [1.165, 1.54) is 0 Å². The topological polar surface area (TPSA) is 95.7 Å². The van der Waals surface area contributed by atoms with E-state index in [9.17, 15) is 18.0 Å². The molecule has 0 unspecified atom stereocenters. The van der Waals surface area contributed by atoms with Crippen molar-refractivity contribution in [3.8, 4) is 0 Å². The molecule has 2 rings (SSSR count). The van der Waals surface area contributed by atoms with Gasteiger partial charge in [-0.25, -0.2) is 9.59 Å². The third-order valence-electron chi connectivity index (χ3n) is 3.11. The summed E-state index contributed by atoms with van der Waals surface area (Å²) in [7, 11) is 3.92. The van der Waals surface area contributed by atoms with Crippen molar-refractivity contribution in [2.24, 2.45) is 7.05 Å². The maximum absolute atomic E-state index is 10.8. The molecule has 0 aliphatic carbocycles. The molecule has 0 aliphatic rings. The lowest BCUT2D eigenvalue weighted by molar-refractivity contribution is -0.192. The van der Waals surface area contributed by atoms with Gasteiger partial charge in [-0.15, -0.1) is 0 Å². The molecule has 10 heteroatoms. The second-order valence-electron chi connectivity index (χ2n) is 5.50. The van der Waals surface area contributed by atoms with Crippen LogP contribution in [0.5, 0.6) is 0 Å². The average Bonchev–Trinajstić information content (AvgIpc) is 2.92. The fourth-order valence-corrected chi connectivity index (χ4v) is 1.99. The number of hydrogen-bond donors (Lipinski definition) is 2. The number of alkyl halides is 3. The van der Waals surface area contributed by atoms with Crippen molar-refractivity contribution in [3.63, 3.8) is 0 Å². The summed E-state index contributed by atoms with van der Waals surface area (Å²) in [5.74, 6) is -3.65.